The molecule has 6 heteroatoms. The van der Waals surface area contributed by atoms with Crippen molar-refractivity contribution in [2.24, 2.45) is 0 Å². The number of rotatable bonds is 55. The Bertz CT molecular complexity index is 2080. The molecule has 1 atom stereocenters. The SMILES string of the molecule is CC/C=C\C/C=C\C/C=C\C/C=C\C/C=C\C/C=C\C/C=C\C/C=C\C/C=C\CCCCCC(=O)OCC(COC(=O)CCCCC/C=C\C/C=C\C/C=C\CC)OC(=O)CCCC/C=C\C/C=C\C/C=C\C/C=C\C/C=C\C/C=C\CC. The van der Waals surface area contributed by atoms with E-state index in [4.69, 9.17) is 14.2 Å². The molecule has 0 aromatic carbocycles. The number of unbranched alkanes of at least 4 members (excludes halogenated alkanes) is 8. The normalized spacial score (nSPS) is 13.6. The Labute approximate surface area is 508 Å². The predicted octanol–water partition coefficient (Wildman–Crippen LogP) is 22.5. The Morgan fingerprint density at radius 3 is 0.675 bits per heavy atom. The van der Waals surface area contributed by atoms with Gasteiger partial charge in [-0.3, -0.25) is 14.4 Å². The van der Waals surface area contributed by atoms with Gasteiger partial charge in [-0.25, -0.2) is 0 Å². The van der Waals surface area contributed by atoms with E-state index in [0.717, 1.165) is 180 Å². The molecule has 0 amide bonds. The summed E-state index contributed by atoms with van der Waals surface area (Å²) in [5, 5.41) is 0. The van der Waals surface area contributed by atoms with Crippen LogP contribution in [0.1, 0.15) is 226 Å². The van der Waals surface area contributed by atoms with Crippen LogP contribution in [0.25, 0.3) is 0 Å². The molecule has 0 aliphatic rings. The number of hydrogen-bond donors (Lipinski definition) is 0. The van der Waals surface area contributed by atoms with Crippen LogP contribution in [-0.4, -0.2) is 37.2 Å². The topological polar surface area (TPSA) is 78.9 Å². The summed E-state index contributed by atoms with van der Waals surface area (Å²) in [5.74, 6) is -1.05. The van der Waals surface area contributed by atoms with Gasteiger partial charge in [-0.1, -0.05) is 252 Å². The van der Waals surface area contributed by atoms with Crippen molar-refractivity contribution in [2.75, 3.05) is 13.2 Å². The van der Waals surface area contributed by atoms with Crippen LogP contribution >= 0.6 is 0 Å². The fraction of sp³-hybridized carbons (Fsp3) is 0.494. The molecule has 6 nitrogen and oxygen atoms in total. The van der Waals surface area contributed by atoms with E-state index in [1.54, 1.807) is 0 Å². The summed E-state index contributed by atoms with van der Waals surface area (Å²) in [5.41, 5.74) is 0. The number of ether oxygens (including phenoxy) is 3. The average Bonchev–Trinajstić information content (AvgIpc) is 3.49. The van der Waals surface area contributed by atoms with Crippen LogP contribution in [-0.2, 0) is 28.6 Å². The molecule has 0 spiro atoms. The third-order valence-electron chi connectivity index (χ3n) is 12.5. The molecule has 0 fully saturated rings. The standard InChI is InChI=1S/C77H114O6/c1-4-7-10-13-16-19-22-25-27-29-31-33-34-35-36-37-38-39-40-41-42-44-45-47-49-52-55-58-61-64-67-70-76(79)82-73-74(72-81-75(78)69-66-63-60-57-54-51-24-21-18-15-12-9-6-3)83-77(80)71-68-65-62-59-56-53-50-48-46-43-32-30-28-26-23-20-17-14-11-8-5-2/h7-12,16-21,25-28,31-33,35-36,38-39,41-43,45,47-48,50-52,54-56,59,74H,4-6,13-15,22-24,29-30,34,37,40,44,46,49,53,57-58,60-73H2,1-3H3/b10-7-,11-8-,12-9-,19-16-,20-17-,21-18-,27-25-,28-26-,33-31-,36-35-,39-38-,42-41-,43-32-,47-45-,50-48-,54-51-,55-52-,59-56-. The number of esters is 3. The minimum atomic E-state index is -0.843. The van der Waals surface area contributed by atoms with E-state index in [9.17, 15) is 14.4 Å². The Hall–Kier alpha value is -6.27. The zero-order chi connectivity index (χ0) is 59.9. The highest BCUT2D eigenvalue weighted by Gasteiger charge is 2.19. The molecular weight excluding hydrogens is 1020 g/mol. The lowest BCUT2D eigenvalue weighted by molar-refractivity contribution is -0.167. The predicted molar refractivity (Wildman–Crippen MR) is 361 cm³/mol. The first-order chi connectivity index (χ1) is 41.0. The highest BCUT2D eigenvalue weighted by Crippen LogP contribution is 2.11. The lowest BCUT2D eigenvalue weighted by atomic mass is 10.1. The average molecular weight is 1140 g/mol. The van der Waals surface area contributed by atoms with Gasteiger partial charge in [-0.2, -0.15) is 0 Å². The monoisotopic (exact) mass is 1130 g/mol. The summed E-state index contributed by atoms with van der Waals surface area (Å²) in [7, 11) is 0. The van der Waals surface area contributed by atoms with Crippen LogP contribution in [0.5, 0.6) is 0 Å². The zero-order valence-corrected chi connectivity index (χ0v) is 52.4. The lowest BCUT2D eigenvalue weighted by Gasteiger charge is -2.18. The molecular formula is C77H114O6. The molecule has 0 aliphatic heterocycles. The summed E-state index contributed by atoms with van der Waals surface area (Å²) in [4.78, 5) is 38.3. The molecule has 0 aromatic heterocycles. The van der Waals surface area contributed by atoms with Gasteiger partial charge in [0.05, 0.1) is 0 Å². The molecule has 0 saturated carbocycles. The maximum atomic E-state index is 12.9. The van der Waals surface area contributed by atoms with Crippen molar-refractivity contribution in [1.82, 2.24) is 0 Å². The Morgan fingerprint density at radius 2 is 0.434 bits per heavy atom. The second-order valence-corrected chi connectivity index (χ2v) is 20.2. The molecule has 0 saturated heterocycles. The zero-order valence-electron chi connectivity index (χ0n) is 52.4. The minimum Gasteiger partial charge on any atom is -0.462 e. The molecule has 0 aliphatic carbocycles. The molecule has 0 bridgehead atoms. The largest absolute Gasteiger partial charge is 0.462 e. The van der Waals surface area contributed by atoms with E-state index in [1.807, 2.05) is 0 Å². The van der Waals surface area contributed by atoms with Gasteiger partial charge in [0, 0.05) is 19.3 Å². The second-order valence-electron chi connectivity index (χ2n) is 20.2. The number of carbonyl (C=O) groups is 3. The van der Waals surface area contributed by atoms with Crippen LogP contribution in [0.4, 0.5) is 0 Å². The van der Waals surface area contributed by atoms with Crippen molar-refractivity contribution in [3.63, 3.8) is 0 Å². The van der Waals surface area contributed by atoms with Crippen LogP contribution in [0.15, 0.2) is 219 Å². The maximum Gasteiger partial charge on any atom is 0.306 e. The molecule has 0 rings (SSSR count). The summed E-state index contributed by atoms with van der Waals surface area (Å²) >= 11 is 0. The van der Waals surface area contributed by atoms with E-state index in [0.29, 0.717) is 12.8 Å². The Kier molecular flexibility index (Phi) is 63.1. The number of carbonyl (C=O) groups excluding carboxylic acids is 3. The highest BCUT2D eigenvalue weighted by atomic mass is 16.6. The minimum absolute atomic E-state index is 0.135. The third kappa shape index (κ3) is 66.4. The summed E-state index contributed by atoms with van der Waals surface area (Å²) < 4.78 is 16.8. The van der Waals surface area contributed by atoms with E-state index >= 15 is 0 Å². The fourth-order valence-corrected chi connectivity index (χ4v) is 7.74. The van der Waals surface area contributed by atoms with Gasteiger partial charge in [0.2, 0.25) is 0 Å². The number of allylic oxidation sites excluding steroid dienone is 36. The van der Waals surface area contributed by atoms with Gasteiger partial charge in [0.1, 0.15) is 13.2 Å². The van der Waals surface area contributed by atoms with E-state index in [-0.39, 0.29) is 44.0 Å². The molecule has 0 heterocycles. The first-order valence-corrected chi connectivity index (χ1v) is 32.2. The summed E-state index contributed by atoms with van der Waals surface area (Å²) in [6.07, 6.45) is 107. The maximum absolute atomic E-state index is 12.9. The van der Waals surface area contributed by atoms with Crippen LogP contribution in [0, 0.1) is 0 Å². The first kappa shape index (κ1) is 76.7. The van der Waals surface area contributed by atoms with Gasteiger partial charge in [-0.05, 0) is 173 Å². The Balaban J connectivity index is 4.53. The molecule has 1 unspecified atom stereocenters. The molecule has 0 aromatic rings. The van der Waals surface area contributed by atoms with E-state index in [1.165, 1.54) is 0 Å². The van der Waals surface area contributed by atoms with Crippen LogP contribution in [0.3, 0.4) is 0 Å². The summed E-state index contributed by atoms with van der Waals surface area (Å²) in [6.45, 7) is 6.18. The van der Waals surface area contributed by atoms with E-state index in [2.05, 4.69) is 240 Å². The third-order valence-corrected chi connectivity index (χ3v) is 12.5. The Morgan fingerprint density at radius 1 is 0.241 bits per heavy atom. The van der Waals surface area contributed by atoms with Gasteiger partial charge in [0.25, 0.3) is 0 Å². The van der Waals surface area contributed by atoms with Crippen molar-refractivity contribution in [2.45, 2.75) is 232 Å². The molecule has 83 heavy (non-hydrogen) atoms. The van der Waals surface area contributed by atoms with Gasteiger partial charge in [-0.15, -0.1) is 0 Å². The smallest absolute Gasteiger partial charge is 0.306 e. The molecule has 0 radical (unpaired) electrons. The number of hydrogen-bond acceptors (Lipinski definition) is 6. The summed E-state index contributed by atoms with van der Waals surface area (Å²) in [6, 6.07) is 0. The molecule has 458 valence electrons. The highest BCUT2D eigenvalue weighted by molar-refractivity contribution is 5.71. The second kappa shape index (κ2) is 68.2. The van der Waals surface area contributed by atoms with Crippen molar-refractivity contribution in [3.8, 4) is 0 Å². The molecule has 0 N–H and O–H groups in total. The van der Waals surface area contributed by atoms with Crippen molar-refractivity contribution in [1.29, 1.82) is 0 Å². The van der Waals surface area contributed by atoms with Crippen molar-refractivity contribution >= 4 is 17.9 Å². The van der Waals surface area contributed by atoms with Crippen molar-refractivity contribution in [3.05, 3.63) is 219 Å². The van der Waals surface area contributed by atoms with Gasteiger partial charge in [0.15, 0.2) is 6.10 Å². The quantitative estimate of drug-likeness (QED) is 0.0261. The van der Waals surface area contributed by atoms with Crippen molar-refractivity contribution < 1.29 is 28.6 Å². The van der Waals surface area contributed by atoms with E-state index < -0.39 is 6.10 Å². The van der Waals surface area contributed by atoms with Crippen LogP contribution in [0.2, 0.25) is 0 Å². The first-order valence-electron chi connectivity index (χ1n) is 32.2. The van der Waals surface area contributed by atoms with Crippen LogP contribution < -0.4 is 0 Å². The van der Waals surface area contributed by atoms with Gasteiger partial charge >= 0.3 is 17.9 Å². The van der Waals surface area contributed by atoms with Gasteiger partial charge < -0.3 is 14.2 Å². The fourth-order valence-electron chi connectivity index (χ4n) is 7.74. The lowest BCUT2D eigenvalue weighted by Crippen LogP contribution is -2.30.